The fraction of sp³-hybridized carbons (Fsp3) is 0.562. The highest BCUT2D eigenvalue weighted by molar-refractivity contribution is 7.99. The van der Waals surface area contributed by atoms with Crippen LogP contribution in [0.25, 0.3) is 10.2 Å². The van der Waals surface area contributed by atoms with E-state index in [0.29, 0.717) is 27.8 Å². The molecular formula is C16H23N3O2S2. The molecule has 2 aromatic rings. The van der Waals surface area contributed by atoms with Gasteiger partial charge in [-0.3, -0.25) is 14.2 Å². The summed E-state index contributed by atoms with van der Waals surface area (Å²) in [5.41, 5.74) is 0.713. The van der Waals surface area contributed by atoms with Crippen molar-refractivity contribution in [2.45, 2.75) is 51.9 Å². The average molecular weight is 354 g/mol. The van der Waals surface area contributed by atoms with Crippen molar-refractivity contribution < 1.29 is 4.79 Å². The van der Waals surface area contributed by atoms with Crippen molar-refractivity contribution in [1.29, 1.82) is 0 Å². The van der Waals surface area contributed by atoms with Crippen LogP contribution in [0.5, 0.6) is 0 Å². The molecule has 0 aliphatic rings. The maximum Gasteiger partial charge on any atom is 0.272 e. The number of hydrogen-bond acceptors (Lipinski definition) is 5. The van der Waals surface area contributed by atoms with Crippen molar-refractivity contribution in [3.63, 3.8) is 0 Å². The molecule has 0 aliphatic heterocycles. The topological polar surface area (TPSA) is 64.0 Å². The molecular weight excluding hydrogens is 330 g/mol. The monoisotopic (exact) mass is 353 g/mol. The van der Waals surface area contributed by atoms with Crippen molar-refractivity contribution in [2.75, 3.05) is 5.75 Å². The lowest BCUT2D eigenvalue weighted by molar-refractivity contribution is -0.119. The van der Waals surface area contributed by atoms with Gasteiger partial charge in [0, 0.05) is 12.6 Å². The number of rotatable bonds is 7. The van der Waals surface area contributed by atoms with Crippen LogP contribution in [0, 0.1) is 5.92 Å². The second kappa shape index (κ2) is 7.97. The molecule has 0 spiro atoms. The largest absolute Gasteiger partial charge is 0.353 e. The second-order valence-corrected chi connectivity index (χ2v) is 8.04. The summed E-state index contributed by atoms with van der Waals surface area (Å²) in [6.07, 6.45) is 0.907. The molecule has 1 N–H and O–H groups in total. The molecule has 23 heavy (non-hydrogen) atoms. The number of thiophene rings is 1. The van der Waals surface area contributed by atoms with Crippen LogP contribution >= 0.6 is 23.1 Å². The second-order valence-electron chi connectivity index (χ2n) is 6.18. The smallest absolute Gasteiger partial charge is 0.272 e. The molecule has 0 saturated carbocycles. The van der Waals surface area contributed by atoms with Crippen molar-refractivity contribution in [1.82, 2.24) is 14.9 Å². The number of aromatic nitrogens is 2. The van der Waals surface area contributed by atoms with E-state index in [1.807, 2.05) is 25.3 Å². The molecule has 2 aromatic heterocycles. The van der Waals surface area contributed by atoms with E-state index >= 15 is 0 Å². The number of nitrogens with zero attached hydrogens (tertiary/aromatic N) is 2. The molecule has 1 amide bonds. The summed E-state index contributed by atoms with van der Waals surface area (Å²) >= 11 is 2.75. The highest BCUT2D eigenvalue weighted by Crippen LogP contribution is 2.21. The van der Waals surface area contributed by atoms with Gasteiger partial charge in [-0.1, -0.05) is 25.6 Å². The van der Waals surface area contributed by atoms with Gasteiger partial charge >= 0.3 is 0 Å². The lowest BCUT2D eigenvalue weighted by atomic mass is 10.1. The van der Waals surface area contributed by atoms with Gasteiger partial charge in [0.05, 0.1) is 11.3 Å². The molecule has 2 heterocycles. The molecule has 126 valence electrons. The number of hydrogen-bond donors (Lipinski definition) is 1. The van der Waals surface area contributed by atoms with Crippen LogP contribution in [0.15, 0.2) is 21.4 Å². The Labute approximate surface area is 144 Å². The molecule has 0 fully saturated rings. The maximum absolute atomic E-state index is 12.7. The summed E-state index contributed by atoms with van der Waals surface area (Å²) < 4.78 is 2.40. The van der Waals surface area contributed by atoms with Gasteiger partial charge in [0.25, 0.3) is 5.56 Å². The summed E-state index contributed by atoms with van der Waals surface area (Å²) in [7, 11) is 0. The van der Waals surface area contributed by atoms with Crippen LogP contribution in [0.1, 0.15) is 34.1 Å². The number of carbonyl (C=O) groups excluding carboxylic acids is 1. The Hall–Kier alpha value is -1.34. The van der Waals surface area contributed by atoms with Crippen LogP contribution in [0.3, 0.4) is 0 Å². The Bertz CT molecular complexity index is 734. The van der Waals surface area contributed by atoms with E-state index in [1.165, 1.54) is 23.1 Å². The van der Waals surface area contributed by atoms with E-state index in [0.717, 1.165) is 6.42 Å². The fourth-order valence-corrected chi connectivity index (χ4v) is 3.73. The van der Waals surface area contributed by atoms with E-state index in [2.05, 4.69) is 24.1 Å². The molecule has 0 bridgehead atoms. The molecule has 7 heteroatoms. The minimum absolute atomic E-state index is 0.00239. The number of thioether (sulfide) groups is 1. The Morgan fingerprint density at radius 3 is 2.78 bits per heavy atom. The number of nitrogens with one attached hydrogen (secondary N) is 1. The highest BCUT2D eigenvalue weighted by Gasteiger charge is 2.14. The third-order valence-corrected chi connectivity index (χ3v) is 5.11. The SMILES string of the molecule is CC(C)CCn1c(SCC(=O)NC(C)C)nc2ccsc2c1=O. The molecule has 2 rings (SSSR count). The summed E-state index contributed by atoms with van der Waals surface area (Å²) in [6.45, 7) is 8.75. The third kappa shape index (κ3) is 4.81. The van der Waals surface area contributed by atoms with Gasteiger partial charge in [0.15, 0.2) is 5.16 Å². The van der Waals surface area contributed by atoms with Crippen molar-refractivity contribution in [3.8, 4) is 0 Å². The van der Waals surface area contributed by atoms with E-state index in [9.17, 15) is 9.59 Å². The Morgan fingerprint density at radius 1 is 1.39 bits per heavy atom. The van der Waals surface area contributed by atoms with Gasteiger partial charge < -0.3 is 5.32 Å². The van der Waals surface area contributed by atoms with E-state index in [1.54, 1.807) is 4.57 Å². The van der Waals surface area contributed by atoms with Gasteiger partial charge in [-0.2, -0.15) is 0 Å². The third-order valence-electron chi connectivity index (χ3n) is 3.24. The van der Waals surface area contributed by atoms with Crippen LogP contribution in [-0.4, -0.2) is 27.3 Å². The predicted octanol–water partition coefficient (Wildman–Crippen LogP) is 3.12. The first-order valence-electron chi connectivity index (χ1n) is 7.78. The minimum atomic E-state index is -0.0416. The zero-order chi connectivity index (χ0) is 17.0. The summed E-state index contributed by atoms with van der Waals surface area (Å²) in [5.74, 6) is 0.727. The number of carbonyl (C=O) groups is 1. The zero-order valence-electron chi connectivity index (χ0n) is 14.0. The lowest BCUT2D eigenvalue weighted by Crippen LogP contribution is -2.32. The summed E-state index contributed by atoms with van der Waals surface area (Å²) in [4.78, 5) is 29.1. The van der Waals surface area contributed by atoms with Crippen LogP contribution < -0.4 is 10.9 Å². The lowest BCUT2D eigenvalue weighted by Gasteiger charge is -2.13. The van der Waals surface area contributed by atoms with Crippen LogP contribution in [0.2, 0.25) is 0 Å². The molecule has 0 unspecified atom stereocenters. The first-order chi connectivity index (χ1) is 10.9. The maximum atomic E-state index is 12.7. The fourth-order valence-electron chi connectivity index (χ4n) is 2.11. The van der Waals surface area contributed by atoms with Crippen molar-refractivity contribution in [3.05, 3.63) is 21.8 Å². The van der Waals surface area contributed by atoms with Crippen molar-refractivity contribution >= 4 is 39.2 Å². The summed E-state index contributed by atoms with van der Waals surface area (Å²) in [6, 6.07) is 1.96. The first-order valence-corrected chi connectivity index (χ1v) is 9.65. The van der Waals surface area contributed by atoms with E-state index in [4.69, 9.17) is 0 Å². The molecule has 0 aliphatic carbocycles. The quantitative estimate of drug-likeness (QED) is 0.613. The van der Waals surface area contributed by atoms with E-state index in [-0.39, 0.29) is 23.3 Å². The summed E-state index contributed by atoms with van der Waals surface area (Å²) in [5, 5.41) is 5.36. The minimum Gasteiger partial charge on any atom is -0.353 e. The first kappa shape index (κ1) is 18.0. The number of amides is 1. The molecule has 0 atom stereocenters. The molecule has 0 aromatic carbocycles. The van der Waals surface area contributed by atoms with Crippen molar-refractivity contribution in [2.24, 2.45) is 5.92 Å². The highest BCUT2D eigenvalue weighted by atomic mass is 32.2. The van der Waals surface area contributed by atoms with Gasteiger partial charge in [0.1, 0.15) is 4.70 Å². The average Bonchev–Trinajstić information content (AvgIpc) is 2.92. The van der Waals surface area contributed by atoms with Crippen LogP contribution in [-0.2, 0) is 11.3 Å². The van der Waals surface area contributed by atoms with E-state index < -0.39 is 0 Å². The molecule has 0 saturated heterocycles. The standard InChI is InChI=1S/C16H23N3O2S2/c1-10(2)5-7-19-15(21)14-12(6-8-22-14)18-16(19)23-9-13(20)17-11(3)4/h6,8,10-11H,5,7,9H2,1-4H3,(H,17,20). The zero-order valence-corrected chi connectivity index (χ0v) is 15.6. The van der Waals surface area contributed by atoms with Gasteiger partial charge in [-0.25, -0.2) is 4.98 Å². The van der Waals surface area contributed by atoms with Crippen LogP contribution in [0.4, 0.5) is 0 Å². The Morgan fingerprint density at radius 2 is 2.13 bits per heavy atom. The number of fused-ring (bicyclic) bond motifs is 1. The normalized spacial score (nSPS) is 11.6. The molecule has 5 nitrogen and oxygen atoms in total. The molecule has 0 radical (unpaired) electrons. The van der Waals surface area contributed by atoms with Gasteiger partial charge in [-0.15, -0.1) is 11.3 Å². The Kier molecular flexibility index (Phi) is 6.24. The predicted molar refractivity (Wildman–Crippen MR) is 97.3 cm³/mol. The Balaban J connectivity index is 2.26. The van der Waals surface area contributed by atoms with Gasteiger partial charge in [-0.05, 0) is 37.6 Å². The van der Waals surface area contributed by atoms with Gasteiger partial charge in [0.2, 0.25) is 5.91 Å².